The van der Waals surface area contributed by atoms with Crippen molar-refractivity contribution in [3.05, 3.63) is 27.7 Å². The van der Waals surface area contributed by atoms with E-state index in [1.807, 2.05) is 26.0 Å². The molecule has 0 radical (unpaired) electrons. The summed E-state index contributed by atoms with van der Waals surface area (Å²) >= 11 is 3.49. The van der Waals surface area contributed by atoms with Crippen LogP contribution in [0.4, 0.5) is 5.69 Å². The molecule has 1 amide bonds. The molecule has 1 aliphatic heterocycles. The van der Waals surface area contributed by atoms with Gasteiger partial charge in [0, 0.05) is 10.2 Å². The van der Waals surface area contributed by atoms with Crippen LogP contribution in [-0.2, 0) is 4.79 Å². The minimum atomic E-state index is -0.00931. The Labute approximate surface area is 128 Å². The molecule has 3 nitrogen and oxygen atoms in total. The van der Waals surface area contributed by atoms with Crippen LogP contribution in [0.3, 0.4) is 0 Å². The second-order valence-corrected chi connectivity index (χ2v) is 7.06. The molecule has 2 aliphatic rings. The lowest BCUT2D eigenvalue weighted by Gasteiger charge is -2.19. The first-order valence-electron chi connectivity index (χ1n) is 7.37. The number of aryl methyl sites for hydroxylation is 2. The van der Waals surface area contributed by atoms with Gasteiger partial charge in [-0.25, -0.2) is 0 Å². The van der Waals surface area contributed by atoms with Crippen LogP contribution in [0, 0.1) is 25.7 Å². The monoisotopic (exact) mass is 336 g/mol. The van der Waals surface area contributed by atoms with E-state index in [-0.39, 0.29) is 11.9 Å². The van der Waals surface area contributed by atoms with E-state index in [0.717, 1.165) is 27.8 Å². The standard InChI is InChI=1S/C16H21BrN2O/c1-9-6-12(17)7-10(2)14(9)19-16(20)15-13-5-3-4-11(13)8-18-15/h6-7,11,13,15,18H,3-5,8H2,1-2H3,(H,19,20). The van der Waals surface area contributed by atoms with Crippen molar-refractivity contribution in [2.45, 2.75) is 39.2 Å². The molecular formula is C16H21BrN2O. The Morgan fingerprint density at radius 3 is 2.70 bits per heavy atom. The van der Waals surface area contributed by atoms with Crippen LogP contribution >= 0.6 is 15.9 Å². The topological polar surface area (TPSA) is 41.1 Å². The Morgan fingerprint density at radius 2 is 2.00 bits per heavy atom. The van der Waals surface area contributed by atoms with Gasteiger partial charge in [0.2, 0.25) is 5.91 Å². The number of carbonyl (C=O) groups excluding carboxylic acids is 1. The molecule has 1 aromatic rings. The highest BCUT2D eigenvalue weighted by molar-refractivity contribution is 9.10. The molecule has 2 fully saturated rings. The minimum absolute atomic E-state index is 0.00931. The fourth-order valence-electron chi connectivity index (χ4n) is 3.78. The van der Waals surface area contributed by atoms with E-state index >= 15 is 0 Å². The van der Waals surface area contributed by atoms with Crippen LogP contribution in [0.1, 0.15) is 30.4 Å². The quantitative estimate of drug-likeness (QED) is 0.869. The predicted molar refractivity (Wildman–Crippen MR) is 84.9 cm³/mol. The van der Waals surface area contributed by atoms with Gasteiger partial charge in [-0.3, -0.25) is 4.79 Å². The van der Waals surface area contributed by atoms with E-state index < -0.39 is 0 Å². The van der Waals surface area contributed by atoms with E-state index in [1.165, 1.54) is 19.3 Å². The largest absolute Gasteiger partial charge is 0.324 e. The Bertz CT molecular complexity index is 520. The zero-order chi connectivity index (χ0) is 14.3. The Morgan fingerprint density at radius 1 is 1.30 bits per heavy atom. The first-order valence-corrected chi connectivity index (χ1v) is 8.16. The van der Waals surface area contributed by atoms with Crippen LogP contribution in [-0.4, -0.2) is 18.5 Å². The summed E-state index contributed by atoms with van der Waals surface area (Å²) < 4.78 is 1.06. The summed E-state index contributed by atoms with van der Waals surface area (Å²) in [5, 5.41) is 6.55. The number of carbonyl (C=O) groups is 1. The fourth-order valence-corrected chi connectivity index (χ4v) is 4.47. The molecule has 0 aromatic heterocycles. The molecule has 0 spiro atoms. The van der Waals surface area contributed by atoms with Crippen LogP contribution in [0.15, 0.2) is 16.6 Å². The normalized spacial score (nSPS) is 28.4. The highest BCUT2D eigenvalue weighted by Crippen LogP contribution is 2.38. The van der Waals surface area contributed by atoms with Gasteiger partial charge >= 0.3 is 0 Å². The lowest BCUT2D eigenvalue weighted by atomic mass is 9.93. The number of nitrogens with one attached hydrogen (secondary N) is 2. The van der Waals surface area contributed by atoms with Gasteiger partial charge in [-0.1, -0.05) is 22.4 Å². The predicted octanol–water partition coefficient (Wildman–Crippen LogP) is 3.39. The highest BCUT2D eigenvalue weighted by Gasteiger charge is 2.42. The average Bonchev–Trinajstić information content (AvgIpc) is 2.95. The summed E-state index contributed by atoms with van der Waals surface area (Å²) in [6, 6.07) is 4.08. The van der Waals surface area contributed by atoms with Crippen LogP contribution in [0.2, 0.25) is 0 Å². The molecule has 1 aromatic carbocycles. The third-order valence-electron chi connectivity index (χ3n) is 4.77. The van der Waals surface area contributed by atoms with Gasteiger partial charge in [0.1, 0.15) is 0 Å². The Hall–Kier alpha value is -0.870. The minimum Gasteiger partial charge on any atom is -0.324 e. The van der Waals surface area contributed by atoms with Crippen molar-refractivity contribution < 1.29 is 4.79 Å². The molecule has 4 heteroatoms. The maximum atomic E-state index is 12.6. The van der Waals surface area contributed by atoms with E-state index in [4.69, 9.17) is 0 Å². The molecule has 1 heterocycles. The zero-order valence-electron chi connectivity index (χ0n) is 12.0. The smallest absolute Gasteiger partial charge is 0.241 e. The van der Waals surface area contributed by atoms with E-state index in [2.05, 4.69) is 26.6 Å². The number of amides is 1. The summed E-state index contributed by atoms with van der Waals surface area (Å²) in [4.78, 5) is 12.6. The van der Waals surface area contributed by atoms with Crippen molar-refractivity contribution in [2.75, 3.05) is 11.9 Å². The van der Waals surface area contributed by atoms with Crippen molar-refractivity contribution in [1.29, 1.82) is 0 Å². The van der Waals surface area contributed by atoms with E-state index in [0.29, 0.717) is 11.8 Å². The van der Waals surface area contributed by atoms with Gasteiger partial charge in [-0.05, 0) is 68.3 Å². The molecule has 1 aliphatic carbocycles. The summed E-state index contributed by atoms with van der Waals surface area (Å²) in [5.74, 6) is 1.37. The number of rotatable bonds is 2. The van der Waals surface area contributed by atoms with Gasteiger partial charge in [-0.15, -0.1) is 0 Å². The average molecular weight is 337 g/mol. The molecule has 3 atom stereocenters. The first-order chi connectivity index (χ1) is 9.56. The highest BCUT2D eigenvalue weighted by atomic mass is 79.9. The molecule has 2 N–H and O–H groups in total. The van der Waals surface area contributed by atoms with Crippen molar-refractivity contribution in [3.8, 4) is 0 Å². The lowest BCUT2D eigenvalue weighted by Crippen LogP contribution is -2.40. The summed E-state index contributed by atoms with van der Waals surface area (Å²) in [5.41, 5.74) is 3.17. The van der Waals surface area contributed by atoms with Crippen LogP contribution in [0.25, 0.3) is 0 Å². The number of halogens is 1. The summed E-state index contributed by atoms with van der Waals surface area (Å²) in [7, 11) is 0. The maximum Gasteiger partial charge on any atom is 0.241 e. The number of fused-ring (bicyclic) bond motifs is 1. The number of hydrogen-bond acceptors (Lipinski definition) is 2. The second kappa shape index (κ2) is 5.49. The van der Waals surface area contributed by atoms with Crippen LogP contribution in [0.5, 0.6) is 0 Å². The number of hydrogen-bond donors (Lipinski definition) is 2. The zero-order valence-corrected chi connectivity index (χ0v) is 13.6. The Kier molecular flexibility index (Phi) is 3.87. The molecule has 108 valence electrons. The lowest BCUT2D eigenvalue weighted by molar-refractivity contribution is -0.118. The number of anilines is 1. The molecule has 1 saturated heterocycles. The SMILES string of the molecule is Cc1cc(Br)cc(C)c1NC(=O)C1NCC2CCCC21. The van der Waals surface area contributed by atoms with Gasteiger partial charge < -0.3 is 10.6 Å². The summed E-state index contributed by atoms with van der Waals surface area (Å²) in [6.07, 6.45) is 3.74. The molecule has 3 unspecified atom stereocenters. The maximum absolute atomic E-state index is 12.6. The van der Waals surface area contributed by atoms with E-state index in [9.17, 15) is 4.79 Å². The van der Waals surface area contributed by atoms with Gasteiger partial charge in [0.25, 0.3) is 0 Å². The van der Waals surface area contributed by atoms with Crippen molar-refractivity contribution in [3.63, 3.8) is 0 Å². The van der Waals surface area contributed by atoms with Crippen molar-refractivity contribution >= 4 is 27.5 Å². The molecule has 1 saturated carbocycles. The third-order valence-corrected chi connectivity index (χ3v) is 5.23. The molecule has 3 rings (SSSR count). The first kappa shape index (κ1) is 14.1. The molecule has 0 bridgehead atoms. The van der Waals surface area contributed by atoms with Crippen molar-refractivity contribution in [2.24, 2.45) is 11.8 Å². The van der Waals surface area contributed by atoms with Gasteiger partial charge in [0.15, 0.2) is 0 Å². The summed E-state index contributed by atoms with van der Waals surface area (Å²) in [6.45, 7) is 5.07. The molecular weight excluding hydrogens is 316 g/mol. The second-order valence-electron chi connectivity index (χ2n) is 6.14. The number of benzene rings is 1. The Balaban J connectivity index is 1.76. The van der Waals surface area contributed by atoms with Gasteiger partial charge in [0.05, 0.1) is 6.04 Å². The third kappa shape index (κ3) is 2.51. The molecule has 20 heavy (non-hydrogen) atoms. The van der Waals surface area contributed by atoms with E-state index in [1.54, 1.807) is 0 Å². The van der Waals surface area contributed by atoms with Gasteiger partial charge in [-0.2, -0.15) is 0 Å². The fraction of sp³-hybridized carbons (Fsp3) is 0.562. The van der Waals surface area contributed by atoms with Crippen molar-refractivity contribution in [1.82, 2.24) is 5.32 Å². The van der Waals surface area contributed by atoms with Crippen LogP contribution < -0.4 is 10.6 Å².